The number of hydrogen-bond acceptors (Lipinski definition) is 3. The number of alkyl halides is 1. The van der Waals surface area contributed by atoms with E-state index >= 15 is 0 Å². The molecule has 1 aromatic rings. The smallest absolute Gasteiger partial charge is 0.274 e. The van der Waals surface area contributed by atoms with Crippen molar-refractivity contribution in [2.24, 2.45) is 0 Å². The molecule has 0 aliphatic heterocycles. The predicted molar refractivity (Wildman–Crippen MR) is 68.8 cm³/mol. The maximum Gasteiger partial charge on any atom is 0.274 e. The highest BCUT2D eigenvalue weighted by atomic mass is 35.5. The molecule has 0 saturated heterocycles. The van der Waals surface area contributed by atoms with Crippen molar-refractivity contribution < 1.29 is 4.79 Å². The number of carbonyl (C=O) groups is 1. The van der Waals surface area contributed by atoms with Crippen LogP contribution in [0.2, 0.25) is 0 Å². The van der Waals surface area contributed by atoms with Crippen LogP contribution >= 0.6 is 11.6 Å². The largest absolute Gasteiger partial charge is 0.336 e. The van der Waals surface area contributed by atoms with E-state index in [0.717, 1.165) is 25.7 Å². The number of rotatable bonds is 2. The van der Waals surface area contributed by atoms with Gasteiger partial charge in [0.05, 0.1) is 5.38 Å². The summed E-state index contributed by atoms with van der Waals surface area (Å²) in [5, 5.41) is 6.01. The van der Waals surface area contributed by atoms with E-state index in [1.54, 1.807) is 11.9 Å². The molecule has 98 valence electrons. The van der Waals surface area contributed by atoms with E-state index < -0.39 is 0 Å². The summed E-state index contributed by atoms with van der Waals surface area (Å²) < 4.78 is 0. The Kier molecular flexibility index (Phi) is 4.01. The van der Waals surface area contributed by atoms with Crippen molar-refractivity contribution in [2.75, 3.05) is 7.05 Å². The zero-order valence-corrected chi connectivity index (χ0v) is 11.0. The molecule has 0 bridgehead atoms. The van der Waals surface area contributed by atoms with Gasteiger partial charge in [0.2, 0.25) is 0 Å². The molecule has 0 spiro atoms. The van der Waals surface area contributed by atoms with Crippen LogP contribution in [0, 0.1) is 0 Å². The standard InChI is InChI=1S/C12H16ClN3O2/c1-16(10-5-3-2-4-8(10)13)12(18)9-6-7-11(17)15-14-9/h6-8,10H,2-5H2,1H3,(H,15,17). The highest BCUT2D eigenvalue weighted by Gasteiger charge is 2.30. The zero-order valence-electron chi connectivity index (χ0n) is 10.2. The van der Waals surface area contributed by atoms with Crippen LogP contribution in [0.15, 0.2) is 16.9 Å². The van der Waals surface area contributed by atoms with Crippen LogP contribution in [-0.4, -0.2) is 39.5 Å². The van der Waals surface area contributed by atoms with E-state index in [-0.39, 0.29) is 28.6 Å². The number of aromatic nitrogens is 2. The van der Waals surface area contributed by atoms with Gasteiger partial charge in [-0.25, -0.2) is 5.10 Å². The van der Waals surface area contributed by atoms with Crippen molar-refractivity contribution in [3.8, 4) is 0 Å². The summed E-state index contributed by atoms with van der Waals surface area (Å²) in [6.07, 6.45) is 4.05. The quantitative estimate of drug-likeness (QED) is 0.825. The van der Waals surface area contributed by atoms with Crippen LogP contribution in [0.3, 0.4) is 0 Å². The van der Waals surface area contributed by atoms with Crippen LogP contribution in [0.5, 0.6) is 0 Å². The minimum Gasteiger partial charge on any atom is -0.336 e. The Morgan fingerprint density at radius 3 is 2.78 bits per heavy atom. The zero-order chi connectivity index (χ0) is 13.1. The number of aromatic amines is 1. The second-order valence-electron chi connectivity index (χ2n) is 4.59. The first-order chi connectivity index (χ1) is 8.59. The van der Waals surface area contributed by atoms with Gasteiger partial charge in [0.25, 0.3) is 11.5 Å². The molecule has 1 saturated carbocycles. The third-order valence-electron chi connectivity index (χ3n) is 3.36. The van der Waals surface area contributed by atoms with Crippen molar-refractivity contribution in [2.45, 2.75) is 37.1 Å². The molecule has 2 atom stereocenters. The van der Waals surface area contributed by atoms with Crippen LogP contribution in [0.25, 0.3) is 0 Å². The van der Waals surface area contributed by atoms with Crippen molar-refractivity contribution in [3.05, 3.63) is 28.2 Å². The van der Waals surface area contributed by atoms with Gasteiger partial charge in [-0.1, -0.05) is 12.8 Å². The first-order valence-corrected chi connectivity index (χ1v) is 6.50. The van der Waals surface area contributed by atoms with Gasteiger partial charge < -0.3 is 4.90 Å². The molecule has 1 N–H and O–H groups in total. The summed E-state index contributed by atoms with van der Waals surface area (Å²) in [4.78, 5) is 24.7. The Morgan fingerprint density at radius 2 is 2.17 bits per heavy atom. The van der Waals surface area contributed by atoms with Gasteiger partial charge in [0.15, 0.2) is 0 Å². The van der Waals surface area contributed by atoms with Crippen molar-refractivity contribution >= 4 is 17.5 Å². The molecule has 1 aliphatic rings. The third kappa shape index (κ3) is 2.72. The summed E-state index contributed by atoms with van der Waals surface area (Å²) in [6, 6.07) is 2.78. The topological polar surface area (TPSA) is 66.1 Å². The van der Waals surface area contributed by atoms with Gasteiger partial charge in [-0.15, -0.1) is 11.6 Å². The second kappa shape index (κ2) is 5.52. The fraction of sp³-hybridized carbons (Fsp3) is 0.583. The van der Waals surface area contributed by atoms with Gasteiger partial charge >= 0.3 is 0 Å². The van der Waals surface area contributed by atoms with E-state index in [1.807, 2.05) is 0 Å². The van der Waals surface area contributed by atoms with Gasteiger partial charge in [-0.3, -0.25) is 9.59 Å². The highest BCUT2D eigenvalue weighted by Crippen LogP contribution is 2.27. The van der Waals surface area contributed by atoms with Crippen molar-refractivity contribution in [1.82, 2.24) is 15.1 Å². The summed E-state index contributed by atoms with van der Waals surface area (Å²) in [7, 11) is 1.74. The molecule has 1 aromatic heterocycles. The maximum absolute atomic E-state index is 12.2. The number of amides is 1. The van der Waals surface area contributed by atoms with Gasteiger partial charge in [0, 0.05) is 19.2 Å². The van der Waals surface area contributed by atoms with Gasteiger partial charge in [0.1, 0.15) is 5.69 Å². The third-order valence-corrected chi connectivity index (χ3v) is 3.87. The Bertz CT molecular complexity index is 468. The lowest BCUT2D eigenvalue weighted by Gasteiger charge is -2.34. The Balaban J connectivity index is 2.12. The second-order valence-corrected chi connectivity index (χ2v) is 5.15. The molecule has 6 heteroatoms. The number of nitrogens with zero attached hydrogens (tertiary/aromatic N) is 2. The van der Waals surface area contributed by atoms with E-state index in [9.17, 15) is 9.59 Å². The Morgan fingerprint density at radius 1 is 1.44 bits per heavy atom. The molecule has 0 aromatic carbocycles. The molecule has 18 heavy (non-hydrogen) atoms. The first-order valence-electron chi connectivity index (χ1n) is 6.06. The summed E-state index contributed by atoms with van der Waals surface area (Å²) in [5.41, 5.74) is -0.0753. The number of H-pyrrole nitrogens is 1. The van der Waals surface area contributed by atoms with Crippen molar-refractivity contribution in [1.29, 1.82) is 0 Å². The highest BCUT2D eigenvalue weighted by molar-refractivity contribution is 6.21. The molecule has 1 heterocycles. The molecule has 0 radical (unpaired) electrons. The molecule has 5 nitrogen and oxygen atoms in total. The van der Waals surface area contributed by atoms with Crippen LogP contribution < -0.4 is 5.56 Å². The lowest BCUT2D eigenvalue weighted by Crippen LogP contribution is -2.44. The van der Waals surface area contributed by atoms with E-state index in [2.05, 4.69) is 10.2 Å². The van der Waals surface area contributed by atoms with Crippen LogP contribution in [0.1, 0.15) is 36.2 Å². The first kappa shape index (κ1) is 13.1. The normalized spacial score (nSPS) is 23.7. The fourth-order valence-electron chi connectivity index (χ4n) is 2.30. The lowest BCUT2D eigenvalue weighted by atomic mass is 9.94. The number of halogens is 1. The maximum atomic E-state index is 12.2. The number of carbonyl (C=O) groups excluding carboxylic acids is 1. The number of nitrogens with one attached hydrogen (secondary N) is 1. The monoisotopic (exact) mass is 269 g/mol. The molecule has 1 aliphatic carbocycles. The predicted octanol–water partition coefficient (Wildman–Crippen LogP) is 1.39. The number of hydrogen-bond donors (Lipinski definition) is 1. The lowest BCUT2D eigenvalue weighted by molar-refractivity contribution is 0.0693. The summed E-state index contributed by atoms with van der Waals surface area (Å²) in [6.45, 7) is 0. The minimum absolute atomic E-state index is 0.00420. The van der Waals surface area contributed by atoms with Crippen LogP contribution in [-0.2, 0) is 0 Å². The molecule has 2 rings (SSSR count). The molecule has 1 amide bonds. The average Bonchev–Trinajstić information content (AvgIpc) is 2.38. The van der Waals surface area contributed by atoms with Crippen LogP contribution in [0.4, 0.5) is 0 Å². The SMILES string of the molecule is CN(C(=O)c1ccc(=O)[nH]n1)C1CCCCC1Cl. The van der Waals surface area contributed by atoms with Gasteiger partial charge in [-0.05, 0) is 18.9 Å². The van der Waals surface area contributed by atoms with Gasteiger partial charge in [-0.2, -0.15) is 5.10 Å². The van der Waals surface area contributed by atoms with Crippen molar-refractivity contribution in [3.63, 3.8) is 0 Å². The van der Waals surface area contributed by atoms with E-state index in [1.165, 1.54) is 12.1 Å². The van der Waals surface area contributed by atoms with E-state index in [0.29, 0.717) is 0 Å². The molecule has 2 unspecified atom stereocenters. The molecule has 1 fully saturated rings. The molecular formula is C12H16ClN3O2. The average molecular weight is 270 g/mol. The summed E-state index contributed by atoms with van der Waals surface area (Å²) >= 11 is 6.26. The Labute approximate surface area is 110 Å². The van der Waals surface area contributed by atoms with E-state index in [4.69, 9.17) is 11.6 Å². The molecular weight excluding hydrogens is 254 g/mol. The Hall–Kier alpha value is -1.36. The minimum atomic E-state index is -0.318. The fourth-order valence-corrected chi connectivity index (χ4v) is 2.75. The summed E-state index contributed by atoms with van der Waals surface area (Å²) in [5.74, 6) is -0.205.